The first-order chi connectivity index (χ1) is 8.33. The molecular formula is C14H12N2O. The predicted octanol–water partition coefficient (Wildman–Crippen LogP) is 3.72. The molecule has 3 aromatic rings. The molecule has 0 spiro atoms. The summed E-state index contributed by atoms with van der Waals surface area (Å²) in [5.41, 5.74) is 3.08. The van der Waals surface area contributed by atoms with Crippen molar-refractivity contribution in [1.29, 1.82) is 0 Å². The number of hydrogen-bond acceptors (Lipinski definition) is 2. The van der Waals surface area contributed by atoms with E-state index in [0.717, 1.165) is 28.2 Å². The largest absolute Gasteiger partial charge is 0.465 e. The molecule has 0 amide bonds. The Hall–Kier alpha value is -2.29. The van der Waals surface area contributed by atoms with Gasteiger partial charge in [-0.05, 0) is 42.8 Å². The van der Waals surface area contributed by atoms with Crippen LogP contribution in [0.1, 0.15) is 18.5 Å². The Bertz CT molecular complexity index is 629. The molecule has 1 N–H and O–H groups in total. The average molecular weight is 224 g/mol. The second kappa shape index (κ2) is 3.94. The molecular weight excluding hydrogens is 212 g/mol. The number of benzene rings is 1. The highest BCUT2D eigenvalue weighted by Gasteiger charge is 2.04. The molecule has 0 aliphatic heterocycles. The van der Waals surface area contributed by atoms with Crippen LogP contribution >= 0.6 is 0 Å². The number of allylic oxidation sites excluding steroid dienone is 1. The number of aromatic amines is 1. The Morgan fingerprint density at radius 1 is 1.24 bits per heavy atom. The molecule has 0 bridgehead atoms. The fourth-order valence-electron chi connectivity index (χ4n) is 1.79. The van der Waals surface area contributed by atoms with E-state index in [0.29, 0.717) is 0 Å². The number of H-pyrrole nitrogens is 1. The SMILES string of the molecule is C/C(=C\c1ccco1)c1nc2ccccc2[nH]1. The number of nitrogens with one attached hydrogen (secondary N) is 1. The van der Waals surface area contributed by atoms with E-state index in [4.69, 9.17) is 4.42 Å². The van der Waals surface area contributed by atoms with Gasteiger partial charge in [0.05, 0.1) is 17.3 Å². The standard InChI is InChI=1S/C14H12N2O/c1-10(9-11-5-4-8-17-11)14-15-12-6-2-3-7-13(12)16-14/h2-9H,1H3,(H,15,16)/b10-9+. The van der Waals surface area contributed by atoms with Crippen LogP contribution in [0.15, 0.2) is 47.1 Å². The summed E-state index contributed by atoms with van der Waals surface area (Å²) >= 11 is 0. The molecule has 3 heteroatoms. The minimum atomic E-state index is 0.836. The maximum absolute atomic E-state index is 5.28. The van der Waals surface area contributed by atoms with Crippen LogP contribution in [-0.2, 0) is 0 Å². The first kappa shape index (κ1) is 9.90. The second-order valence-corrected chi connectivity index (χ2v) is 3.95. The van der Waals surface area contributed by atoms with Crippen molar-refractivity contribution in [2.75, 3.05) is 0 Å². The number of aromatic nitrogens is 2. The summed E-state index contributed by atoms with van der Waals surface area (Å²) in [6, 6.07) is 11.8. The molecule has 3 rings (SSSR count). The van der Waals surface area contributed by atoms with Crippen molar-refractivity contribution in [3.8, 4) is 0 Å². The Kier molecular flexibility index (Phi) is 2.29. The normalized spacial score (nSPS) is 12.2. The summed E-state index contributed by atoms with van der Waals surface area (Å²) in [5.74, 6) is 1.71. The van der Waals surface area contributed by atoms with E-state index in [1.54, 1.807) is 6.26 Å². The lowest BCUT2D eigenvalue weighted by molar-refractivity contribution is 0.557. The van der Waals surface area contributed by atoms with Gasteiger partial charge >= 0.3 is 0 Å². The maximum atomic E-state index is 5.28. The van der Waals surface area contributed by atoms with Crippen LogP contribution in [0.3, 0.4) is 0 Å². The third-order valence-corrected chi connectivity index (χ3v) is 2.66. The van der Waals surface area contributed by atoms with Gasteiger partial charge in [0.2, 0.25) is 0 Å². The molecule has 0 saturated carbocycles. The molecule has 0 aliphatic carbocycles. The second-order valence-electron chi connectivity index (χ2n) is 3.95. The van der Waals surface area contributed by atoms with E-state index in [1.165, 1.54) is 0 Å². The van der Waals surface area contributed by atoms with Gasteiger partial charge in [0.15, 0.2) is 0 Å². The van der Waals surface area contributed by atoms with Crippen LogP contribution in [-0.4, -0.2) is 9.97 Å². The summed E-state index contributed by atoms with van der Waals surface area (Å²) in [4.78, 5) is 7.81. The van der Waals surface area contributed by atoms with Crippen LogP contribution in [0.25, 0.3) is 22.7 Å². The minimum Gasteiger partial charge on any atom is -0.465 e. The average Bonchev–Trinajstić information content (AvgIpc) is 2.96. The minimum absolute atomic E-state index is 0.836. The Morgan fingerprint density at radius 3 is 2.88 bits per heavy atom. The van der Waals surface area contributed by atoms with Gasteiger partial charge in [0, 0.05) is 0 Å². The van der Waals surface area contributed by atoms with Crippen LogP contribution in [0.5, 0.6) is 0 Å². The number of hydrogen-bond donors (Lipinski definition) is 1. The molecule has 0 radical (unpaired) electrons. The van der Waals surface area contributed by atoms with Crippen LogP contribution in [0.2, 0.25) is 0 Å². The molecule has 1 aromatic carbocycles. The summed E-state index contributed by atoms with van der Waals surface area (Å²) in [5, 5.41) is 0. The van der Waals surface area contributed by atoms with Gasteiger partial charge in [-0.1, -0.05) is 12.1 Å². The maximum Gasteiger partial charge on any atom is 0.134 e. The number of rotatable bonds is 2. The van der Waals surface area contributed by atoms with Gasteiger partial charge in [0.25, 0.3) is 0 Å². The summed E-state index contributed by atoms with van der Waals surface area (Å²) in [6.45, 7) is 2.01. The molecule has 2 heterocycles. The van der Waals surface area contributed by atoms with Crippen LogP contribution < -0.4 is 0 Å². The van der Waals surface area contributed by atoms with Crippen molar-refractivity contribution >= 4 is 22.7 Å². The lowest BCUT2D eigenvalue weighted by Crippen LogP contribution is -1.81. The Morgan fingerprint density at radius 2 is 2.12 bits per heavy atom. The molecule has 0 saturated heterocycles. The van der Waals surface area contributed by atoms with Crippen LogP contribution in [0, 0.1) is 0 Å². The molecule has 0 aliphatic rings. The predicted molar refractivity (Wildman–Crippen MR) is 68.3 cm³/mol. The van der Waals surface area contributed by atoms with Crippen molar-refractivity contribution in [3.63, 3.8) is 0 Å². The van der Waals surface area contributed by atoms with E-state index < -0.39 is 0 Å². The topological polar surface area (TPSA) is 41.8 Å². The van der Waals surface area contributed by atoms with E-state index in [-0.39, 0.29) is 0 Å². The first-order valence-electron chi connectivity index (χ1n) is 5.50. The molecule has 0 fully saturated rings. The van der Waals surface area contributed by atoms with Crippen LogP contribution in [0.4, 0.5) is 0 Å². The van der Waals surface area contributed by atoms with Gasteiger partial charge in [-0.3, -0.25) is 0 Å². The van der Waals surface area contributed by atoms with Gasteiger partial charge in [-0.25, -0.2) is 4.98 Å². The van der Waals surface area contributed by atoms with Crippen molar-refractivity contribution in [1.82, 2.24) is 9.97 Å². The zero-order chi connectivity index (χ0) is 11.7. The fraction of sp³-hybridized carbons (Fsp3) is 0.0714. The lowest BCUT2D eigenvalue weighted by Gasteiger charge is -1.93. The molecule has 0 atom stereocenters. The monoisotopic (exact) mass is 224 g/mol. The summed E-state index contributed by atoms with van der Waals surface area (Å²) in [7, 11) is 0. The van der Waals surface area contributed by atoms with Crippen molar-refractivity contribution < 1.29 is 4.42 Å². The fourth-order valence-corrected chi connectivity index (χ4v) is 1.79. The highest BCUT2D eigenvalue weighted by molar-refractivity contribution is 5.82. The third kappa shape index (κ3) is 1.87. The Labute approximate surface area is 98.8 Å². The lowest BCUT2D eigenvalue weighted by atomic mass is 10.2. The number of nitrogens with zero attached hydrogens (tertiary/aromatic N) is 1. The van der Waals surface area contributed by atoms with Gasteiger partial charge < -0.3 is 9.40 Å². The van der Waals surface area contributed by atoms with E-state index in [2.05, 4.69) is 9.97 Å². The summed E-state index contributed by atoms with van der Waals surface area (Å²) < 4.78 is 5.28. The van der Waals surface area contributed by atoms with Gasteiger partial charge in [-0.15, -0.1) is 0 Å². The third-order valence-electron chi connectivity index (χ3n) is 2.66. The highest BCUT2D eigenvalue weighted by atomic mass is 16.3. The van der Waals surface area contributed by atoms with Gasteiger partial charge in [-0.2, -0.15) is 0 Å². The molecule has 2 aromatic heterocycles. The number of fused-ring (bicyclic) bond motifs is 1. The van der Waals surface area contributed by atoms with Crippen molar-refractivity contribution in [2.24, 2.45) is 0 Å². The van der Waals surface area contributed by atoms with E-state index >= 15 is 0 Å². The number of para-hydroxylation sites is 2. The highest BCUT2D eigenvalue weighted by Crippen LogP contribution is 2.18. The number of furan rings is 1. The van der Waals surface area contributed by atoms with E-state index in [1.807, 2.05) is 49.4 Å². The Balaban J connectivity index is 2.03. The summed E-state index contributed by atoms with van der Waals surface area (Å²) in [6.07, 6.45) is 3.63. The molecule has 17 heavy (non-hydrogen) atoms. The number of imidazole rings is 1. The van der Waals surface area contributed by atoms with Crippen molar-refractivity contribution in [3.05, 3.63) is 54.2 Å². The van der Waals surface area contributed by atoms with Gasteiger partial charge in [0.1, 0.15) is 11.6 Å². The zero-order valence-corrected chi connectivity index (χ0v) is 9.47. The molecule has 84 valence electrons. The van der Waals surface area contributed by atoms with Crippen molar-refractivity contribution in [2.45, 2.75) is 6.92 Å². The van der Waals surface area contributed by atoms with E-state index in [9.17, 15) is 0 Å². The quantitative estimate of drug-likeness (QED) is 0.720. The zero-order valence-electron chi connectivity index (χ0n) is 9.47. The smallest absolute Gasteiger partial charge is 0.134 e. The molecule has 0 unspecified atom stereocenters. The first-order valence-corrected chi connectivity index (χ1v) is 5.50. The molecule has 3 nitrogen and oxygen atoms in total.